The Kier molecular flexibility index (Phi) is 4.06. The van der Waals surface area contributed by atoms with Gasteiger partial charge in [0.25, 0.3) is 0 Å². The lowest BCUT2D eigenvalue weighted by molar-refractivity contribution is 0.256. The van der Waals surface area contributed by atoms with E-state index in [1.807, 2.05) is 18.2 Å². The van der Waals surface area contributed by atoms with Crippen LogP contribution in [0.1, 0.15) is 24.8 Å². The summed E-state index contributed by atoms with van der Waals surface area (Å²) in [4.78, 5) is 2.35. The first-order chi connectivity index (χ1) is 8.74. The summed E-state index contributed by atoms with van der Waals surface area (Å²) in [5.74, 6) is 0.867. The highest BCUT2D eigenvalue weighted by Gasteiger charge is 2.29. The third-order valence-electron chi connectivity index (χ3n) is 3.25. The maximum absolute atomic E-state index is 8.71. The van der Waals surface area contributed by atoms with E-state index in [0.29, 0.717) is 12.5 Å². The van der Waals surface area contributed by atoms with E-state index >= 15 is 0 Å². The van der Waals surface area contributed by atoms with Crippen molar-refractivity contribution in [1.29, 1.82) is 5.26 Å². The second-order valence-corrected chi connectivity index (χ2v) is 4.68. The lowest BCUT2D eigenvalue weighted by Crippen LogP contribution is -2.26. The molecular weight excluding hydrogens is 226 g/mol. The normalized spacial score (nSPS) is 14.5. The van der Waals surface area contributed by atoms with Crippen LogP contribution in [0.2, 0.25) is 0 Å². The summed E-state index contributed by atoms with van der Waals surface area (Å²) in [5, 5.41) is 8.71. The van der Waals surface area contributed by atoms with E-state index in [1.165, 1.54) is 12.8 Å². The Morgan fingerprint density at radius 1 is 1.50 bits per heavy atom. The van der Waals surface area contributed by atoms with Crippen molar-refractivity contribution in [3.8, 4) is 11.8 Å². The molecule has 0 spiro atoms. The molecule has 0 atom stereocenters. The molecule has 96 valence electrons. The van der Waals surface area contributed by atoms with Crippen molar-refractivity contribution in [1.82, 2.24) is 4.90 Å². The largest absolute Gasteiger partial charge is 0.496 e. The lowest BCUT2D eigenvalue weighted by Gasteiger charge is -2.22. The number of nitrogen functional groups attached to an aromatic ring is 1. The van der Waals surface area contributed by atoms with Gasteiger partial charge in [0.15, 0.2) is 0 Å². The monoisotopic (exact) mass is 245 g/mol. The summed E-state index contributed by atoms with van der Waals surface area (Å²) >= 11 is 0. The molecule has 0 unspecified atom stereocenters. The van der Waals surface area contributed by atoms with E-state index in [1.54, 1.807) is 7.11 Å². The quantitative estimate of drug-likeness (QED) is 0.780. The molecule has 0 aliphatic heterocycles. The van der Waals surface area contributed by atoms with Crippen LogP contribution in [0.4, 0.5) is 5.69 Å². The summed E-state index contributed by atoms with van der Waals surface area (Å²) in [6.45, 7) is 1.62. The van der Waals surface area contributed by atoms with Gasteiger partial charge in [-0.25, -0.2) is 0 Å². The minimum Gasteiger partial charge on any atom is -0.496 e. The van der Waals surface area contributed by atoms with Crippen LogP contribution in [-0.2, 0) is 6.54 Å². The van der Waals surface area contributed by atoms with Gasteiger partial charge in [0.05, 0.1) is 13.2 Å². The van der Waals surface area contributed by atoms with E-state index in [-0.39, 0.29) is 0 Å². The number of hydrogen-bond donors (Lipinski definition) is 1. The van der Waals surface area contributed by atoms with Gasteiger partial charge >= 0.3 is 0 Å². The van der Waals surface area contributed by atoms with Crippen LogP contribution in [0.15, 0.2) is 18.2 Å². The van der Waals surface area contributed by atoms with E-state index in [2.05, 4.69) is 11.0 Å². The van der Waals surface area contributed by atoms with E-state index < -0.39 is 0 Å². The molecule has 1 fully saturated rings. The number of nitriles is 1. The highest BCUT2D eigenvalue weighted by molar-refractivity contribution is 5.47. The number of nitrogens with two attached hydrogens (primary N) is 1. The molecule has 0 saturated heterocycles. The number of hydrogen-bond acceptors (Lipinski definition) is 4. The van der Waals surface area contributed by atoms with Crippen LogP contribution in [0.5, 0.6) is 5.75 Å². The molecule has 1 aliphatic rings. The molecule has 2 rings (SSSR count). The Balaban J connectivity index is 2.10. The van der Waals surface area contributed by atoms with Gasteiger partial charge in [-0.3, -0.25) is 4.90 Å². The summed E-state index contributed by atoms with van der Waals surface area (Å²) < 4.78 is 5.36. The highest BCUT2D eigenvalue weighted by Crippen LogP contribution is 2.31. The van der Waals surface area contributed by atoms with Crippen LogP contribution >= 0.6 is 0 Å². The second kappa shape index (κ2) is 5.74. The van der Waals surface area contributed by atoms with Crippen LogP contribution < -0.4 is 10.5 Å². The predicted molar refractivity (Wildman–Crippen MR) is 71.1 cm³/mol. The first-order valence-corrected chi connectivity index (χ1v) is 6.28. The number of nitrogens with zero attached hydrogens (tertiary/aromatic N) is 2. The maximum atomic E-state index is 8.71. The van der Waals surface area contributed by atoms with Gasteiger partial charge in [-0.2, -0.15) is 5.26 Å². The third-order valence-corrected chi connectivity index (χ3v) is 3.25. The number of methoxy groups -OCH3 is 1. The van der Waals surface area contributed by atoms with Gasteiger partial charge < -0.3 is 10.5 Å². The van der Waals surface area contributed by atoms with Gasteiger partial charge in [-0.05, 0) is 31.0 Å². The van der Waals surface area contributed by atoms with Crippen molar-refractivity contribution < 1.29 is 4.74 Å². The van der Waals surface area contributed by atoms with Gasteiger partial charge in [-0.15, -0.1) is 0 Å². The molecule has 1 saturated carbocycles. The summed E-state index contributed by atoms with van der Waals surface area (Å²) in [6.07, 6.45) is 3.03. The lowest BCUT2D eigenvalue weighted by atomic mass is 10.1. The van der Waals surface area contributed by atoms with E-state index in [9.17, 15) is 0 Å². The second-order valence-electron chi connectivity index (χ2n) is 4.68. The fourth-order valence-corrected chi connectivity index (χ4v) is 2.16. The molecule has 1 aromatic rings. The van der Waals surface area contributed by atoms with Crippen molar-refractivity contribution in [2.24, 2.45) is 0 Å². The molecule has 0 heterocycles. The number of anilines is 1. The zero-order valence-electron chi connectivity index (χ0n) is 10.7. The van der Waals surface area contributed by atoms with Crippen molar-refractivity contribution >= 4 is 5.69 Å². The van der Waals surface area contributed by atoms with Gasteiger partial charge in [0, 0.05) is 36.8 Å². The van der Waals surface area contributed by atoms with Crippen LogP contribution in [0.3, 0.4) is 0 Å². The average molecular weight is 245 g/mol. The van der Waals surface area contributed by atoms with Crippen LogP contribution in [0.25, 0.3) is 0 Å². The Labute approximate surface area is 108 Å². The zero-order chi connectivity index (χ0) is 13.0. The minimum atomic E-state index is 0.571. The Hall–Kier alpha value is -1.73. The van der Waals surface area contributed by atoms with Crippen molar-refractivity contribution in [2.75, 3.05) is 19.4 Å². The molecule has 0 amide bonds. The molecule has 0 aromatic heterocycles. The highest BCUT2D eigenvalue weighted by atomic mass is 16.5. The van der Waals surface area contributed by atoms with Crippen LogP contribution in [-0.4, -0.2) is 24.6 Å². The molecular formula is C14H19N3O. The molecule has 1 aromatic carbocycles. The molecule has 18 heavy (non-hydrogen) atoms. The molecule has 2 N–H and O–H groups in total. The third kappa shape index (κ3) is 3.14. The molecule has 4 nitrogen and oxygen atoms in total. The van der Waals surface area contributed by atoms with Crippen molar-refractivity contribution in [3.63, 3.8) is 0 Å². The maximum Gasteiger partial charge on any atom is 0.123 e. The topological polar surface area (TPSA) is 62.3 Å². The predicted octanol–water partition coefficient (Wildman–Crippen LogP) is 2.16. The fraction of sp³-hybridized carbons (Fsp3) is 0.500. The van der Waals surface area contributed by atoms with Gasteiger partial charge in [0.2, 0.25) is 0 Å². The summed E-state index contributed by atoms with van der Waals surface area (Å²) in [7, 11) is 1.67. The number of rotatable bonds is 6. The molecule has 0 radical (unpaired) electrons. The minimum absolute atomic E-state index is 0.571. The first kappa shape index (κ1) is 12.7. The first-order valence-electron chi connectivity index (χ1n) is 6.28. The molecule has 4 heteroatoms. The fourth-order valence-electron chi connectivity index (χ4n) is 2.16. The van der Waals surface area contributed by atoms with E-state index in [0.717, 1.165) is 30.1 Å². The van der Waals surface area contributed by atoms with Crippen molar-refractivity contribution in [2.45, 2.75) is 31.8 Å². The zero-order valence-corrected chi connectivity index (χ0v) is 10.7. The van der Waals surface area contributed by atoms with Gasteiger partial charge in [-0.1, -0.05) is 0 Å². The smallest absolute Gasteiger partial charge is 0.123 e. The summed E-state index contributed by atoms with van der Waals surface area (Å²) in [6, 6.07) is 8.55. The standard InChI is InChI=1S/C14H19N3O/c1-18-14-6-3-12(16)9-11(14)10-17(8-2-7-15)13-4-5-13/h3,6,9,13H,2,4-5,8,10,16H2,1H3. The average Bonchev–Trinajstić information content (AvgIpc) is 3.19. The Morgan fingerprint density at radius 3 is 2.89 bits per heavy atom. The number of benzene rings is 1. The van der Waals surface area contributed by atoms with Gasteiger partial charge in [0.1, 0.15) is 5.75 Å². The summed E-state index contributed by atoms with van der Waals surface area (Å²) in [5.41, 5.74) is 7.67. The molecule has 0 bridgehead atoms. The number of ether oxygens (including phenoxy) is 1. The molecule has 1 aliphatic carbocycles. The Bertz CT molecular complexity index is 449. The SMILES string of the molecule is COc1ccc(N)cc1CN(CCC#N)C1CC1. The Morgan fingerprint density at radius 2 is 2.28 bits per heavy atom. The van der Waals surface area contributed by atoms with E-state index in [4.69, 9.17) is 15.7 Å². The van der Waals surface area contributed by atoms with Crippen LogP contribution in [0, 0.1) is 11.3 Å². The van der Waals surface area contributed by atoms with Crippen molar-refractivity contribution in [3.05, 3.63) is 23.8 Å².